The molecule has 3 N–H and O–H groups in total. The highest BCUT2D eigenvalue weighted by Crippen LogP contribution is 2.17. The number of methoxy groups -OCH3 is 3. The fraction of sp³-hybridized carbons (Fsp3) is 0.500. The number of carbonyl (C=O) groups excluding carboxylic acids is 1. The molecule has 0 aliphatic heterocycles. The second-order valence-corrected chi connectivity index (χ2v) is 3.23. The summed E-state index contributed by atoms with van der Waals surface area (Å²) in [6.45, 7) is 0.0590. The summed E-state index contributed by atoms with van der Waals surface area (Å²) in [7, 11) is 4.29. The van der Waals surface area contributed by atoms with E-state index in [1.165, 1.54) is 27.4 Å². The van der Waals surface area contributed by atoms with Crippen LogP contribution < -0.4 is 20.5 Å². The Morgan fingerprint density at radius 3 is 2.28 bits per heavy atom. The average molecular weight is 256 g/mol. The third-order valence-electron chi connectivity index (χ3n) is 2.12. The molecule has 8 heteroatoms. The van der Waals surface area contributed by atoms with Gasteiger partial charge in [0, 0.05) is 13.7 Å². The van der Waals surface area contributed by atoms with E-state index >= 15 is 0 Å². The highest BCUT2D eigenvalue weighted by molar-refractivity contribution is 5.92. The van der Waals surface area contributed by atoms with Gasteiger partial charge in [-0.25, -0.2) is 0 Å². The van der Waals surface area contributed by atoms with Crippen molar-refractivity contribution in [2.24, 2.45) is 5.73 Å². The van der Waals surface area contributed by atoms with Crippen molar-refractivity contribution < 1.29 is 19.0 Å². The van der Waals surface area contributed by atoms with Crippen molar-refractivity contribution in [1.29, 1.82) is 0 Å². The molecule has 0 spiro atoms. The molecule has 1 aromatic rings. The van der Waals surface area contributed by atoms with Crippen LogP contribution in [0.4, 0.5) is 5.95 Å². The van der Waals surface area contributed by atoms with Crippen molar-refractivity contribution in [1.82, 2.24) is 9.97 Å². The normalized spacial score (nSPS) is 11.8. The van der Waals surface area contributed by atoms with Gasteiger partial charge in [0.15, 0.2) is 0 Å². The summed E-state index contributed by atoms with van der Waals surface area (Å²) >= 11 is 0. The van der Waals surface area contributed by atoms with Gasteiger partial charge in [-0.2, -0.15) is 9.97 Å². The summed E-state index contributed by atoms with van der Waals surface area (Å²) in [6, 6.07) is 1.49. The number of hydrogen-bond donors (Lipinski definition) is 2. The molecule has 0 saturated heterocycles. The summed E-state index contributed by atoms with van der Waals surface area (Å²) in [5.41, 5.74) is 5.37. The lowest BCUT2D eigenvalue weighted by atomic mass is 10.3. The smallest absolute Gasteiger partial charge is 0.257 e. The van der Waals surface area contributed by atoms with E-state index in [1.807, 2.05) is 0 Å². The number of nitrogens with one attached hydrogen (secondary N) is 1. The molecule has 1 unspecified atom stereocenters. The number of rotatable bonds is 6. The average Bonchev–Trinajstić information content (AvgIpc) is 2.39. The topological polar surface area (TPSA) is 109 Å². The van der Waals surface area contributed by atoms with E-state index < -0.39 is 12.0 Å². The van der Waals surface area contributed by atoms with Crippen LogP contribution in [-0.2, 0) is 9.53 Å². The van der Waals surface area contributed by atoms with E-state index in [0.717, 1.165) is 0 Å². The number of aromatic nitrogens is 2. The molecule has 0 aromatic carbocycles. The number of nitrogens with two attached hydrogens (primary N) is 1. The van der Waals surface area contributed by atoms with Gasteiger partial charge in [-0.1, -0.05) is 0 Å². The predicted molar refractivity (Wildman–Crippen MR) is 63.6 cm³/mol. The van der Waals surface area contributed by atoms with E-state index in [4.69, 9.17) is 19.9 Å². The zero-order chi connectivity index (χ0) is 13.5. The Morgan fingerprint density at radius 2 is 1.89 bits per heavy atom. The van der Waals surface area contributed by atoms with Crippen LogP contribution in [0.15, 0.2) is 6.07 Å². The first kappa shape index (κ1) is 14.1. The molecule has 0 radical (unpaired) electrons. The van der Waals surface area contributed by atoms with Crippen LogP contribution in [0.1, 0.15) is 0 Å². The Bertz CT molecular complexity index is 387. The van der Waals surface area contributed by atoms with Crippen molar-refractivity contribution in [3.05, 3.63) is 6.07 Å². The number of carbonyl (C=O) groups is 1. The zero-order valence-electron chi connectivity index (χ0n) is 10.5. The number of hydrogen-bond acceptors (Lipinski definition) is 7. The van der Waals surface area contributed by atoms with E-state index in [1.54, 1.807) is 0 Å². The lowest BCUT2D eigenvalue weighted by Crippen LogP contribution is -2.36. The SMILES string of the molecule is COc1cc(OC)nc(NC(=O)C(CN)OC)n1. The predicted octanol–water partition coefficient (Wildman–Crippen LogP) is -0.594. The van der Waals surface area contributed by atoms with Crippen LogP contribution in [0.5, 0.6) is 11.8 Å². The minimum atomic E-state index is -0.759. The van der Waals surface area contributed by atoms with Crippen LogP contribution in [0.25, 0.3) is 0 Å². The Labute approximate surface area is 104 Å². The molecule has 0 aliphatic carbocycles. The van der Waals surface area contributed by atoms with Crippen molar-refractivity contribution in [3.63, 3.8) is 0 Å². The first-order valence-electron chi connectivity index (χ1n) is 5.15. The van der Waals surface area contributed by atoms with E-state index in [-0.39, 0.29) is 24.3 Å². The summed E-state index contributed by atoms with van der Waals surface area (Å²) in [5.74, 6) is 0.180. The van der Waals surface area contributed by atoms with Crippen LogP contribution in [0, 0.1) is 0 Å². The van der Waals surface area contributed by atoms with Crippen LogP contribution in [0.2, 0.25) is 0 Å². The minimum Gasteiger partial charge on any atom is -0.481 e. The molecule has 0 aliphatic rings. The third kappa shape index (κ3) is 3.54. The van der Waals surface area contributed by atoms with Gasteiger partial charge in [0.2, 0.25) is 17.7 Å². The van der Waals surface area contributed by atoms with Crippen molar-refractivity contribution in [2.75, 3.05) is 33.2 Å². The quantitative estimate of drug-likeness (QED) is 0.699. The van der Waals surface area contributed by atoms with E-state index in [2.05, 4.69) is 15.3 Å². The van der Waals surface area contributed by atoms with Gasteiger partial charge in [-0.3, -0.25) is 10.1 Å². The number of nitrogens with zero attached hydrogens (tertiary/aromatic N) is 2. The second kappa shape index (κ2) is 6.72. The molecule has 0 saturated carbocycles. The number of amides is 1. The summed E-state index contributed by atoms with van der Waals surface area (Å²) in [6.07, 6.45) is -0.759. The molecule has 8 nitrogen and oxygen atoms in total. The Kier molecular flexibility index (Phi) is 5.28. The van der Waals surface area contributed by atoms with Gasteiger partial charge in [0.25, 0.3) is 5.91 Å². The van der Waals surface area contributed by atoms with Gasteiger partial charge >= 0.3 is 0 Å². The maximum Gasteiger partial charge on any atom is 0.257 e. The molecule has 18 heavy (non-hydrogen) atoms. The van der Waals surface area contributed by atoms with Gasteiger partial charge in [-0.05, 0) is 0 Å². The highest BCUT2D eigenvalue weighted by atomic mass is 16.5. The number of anilines is 1. The Morgan fingerprint density at radius 1 is 1.33 bits per heavy atom. The monoisotopic (exact) mass is 256 g/mol. The van der Waals surface area contributed by atoms with Gasteiger partial charge in [0.05, 0.1) is 20.3 Å². The first-order valence-corrected chi connectivity index (χ1v) is 5.15. The Balaban J connectivity index is 2.86. The van der Waals surface area contributed by atoms with Crippen LogP contribution >= 0.6 is 0 Å². The Hall–Kier alpha value is -1.93. The van der Waals surface area contributed by atoms with Gasteiger partial charge in [-0.15, -0.1) is 0 Å². The summed E-state index contributed by atoms with van der Waals surface area (Å²) in [5, 5.41) is 2.47. The fourth-order valence-electron chi connectivity index (χ4n) is 1.17. The first-order chi connectivity index (χ1) is 8.64. The molecule has 1 rings (SSSR count). The fourth-order valence-corrected chi connectivity index (χ4v) is 1.17. The van der Waals surface area contributed by atoms with Crippen molar-refractivity contribution in [2.45, 2.75) is 6.10 Å². The number of ether oxygens (including phenoxy) is 3. The summed E-state index contributed by atoms with van der Waals surface area (Å²) in [4.78, 5) is 19.6. The molecular formula is C10H16N4O4. The van der Waals surface area contributed by atoms with Gasteiger partial charge < -0.3 is 19.9 Å². The molecule has 0 bridgehead atoms. The lowest BCUT2D eigenvalue weighted by molar-refractivity contribution is -0.125. The minimum absolute atomic E-state index is 0.0590. The van der Waals surface area contributed by atoms with Crippen LogP contribution in [0.3, 0.4) is 0 Å². The van der Waals surface area contributed by atoms with Crippen molar-refractivity contribution in [3.8, 4) is 11.8 Å². The molecule has 1 amide bonds. The van der Waals surface area contributed by atoms with E-state index in [9.17, 15) is 4.79 Å². The third-order valence-corrected chi connectivity index (χ3v) is 2.12. The highest BCUT2D eigenvalue weighted by Gasteiger charge is 2.17. The maximum absolute atomic E-state index is 11.7. The second-order valence-electron chi connectivity index (χ2n) is 3.23. The summed E-state index contributed by atoms with van der Waals surface area (Å²) < 4.78 is 14.8. The maximum atomic E-state index is 11.7. The van der Waals surface area contributed by atoms with E-state index in [0.29, 0.717) is 0 Å². The molecule has 1 aromatic heterocycles. The molecule has 1 heterocycles. The van der Waals surface area contributed by atoms with Crippen molar-refractivity contribution >= 4 is 11.9 Å². The molecule has 100 valence electrons. The molecule has 0 fully saturated rings. The molecular weight excluding hydrogens is 240 g/mol. The zero-order valence-corrected chi connectivity index (χ0v) is 10.5. The standard InChI is InChI=1S/C10H16N4O4/c1-16-6(5-11)9(15)14-10-12-7(17-2)4-8(13-10)18-3/h4,6H,5,11H2,1-3H3,(H,12,13,14,15). The van der Waals surface area contributed by atoms with Gasteiger partial charge in [0.1, 0.15) is 6.10 Å². The molecule has 1 atom stereocenters. The lowest BCUT2D eigenvalue weighted by Gasteiger charge is -2.12. The largest absolute Gasteiger partial charge is 0.481 e. The van der Waals surface area contributed by atoms with Crippen LogP contribution in [-0.4, -0.2) is 49.9 Å².